The number of piperidine rings is 1. The monoisotopic (exact) mass is 454 g/mol. The molecule has 1 atom stereocenters. The zero-order valence-electron chi connectivity index (χ0n) is 16.4. The zero-order valence-corrected chi connectivity index (χ0v) is 18.8. The molecule has 5 nitrogen and oxygen atoms in total. The molecule has 1 saturated heterocycles. The van der Waals surface area contributed by atoms with Gasteiger partial charge in [0, 0.05) is 23.1 Å². The van der Waals surface area contributed by atoms with E-state index in [-0.39, 0.29) is 23.0 Å². The minimum absolute atomic E-state index is 0.110. The average Bonchev–Trinajstić information content (AvgIpc) is 2.65. The molecule has 29 heavy (non-hydrogen) atoms. The first-order valence-electron chi connectivity index (χ1n) is 9.50. The number of amides is 1. The van der Waals surface area contributed by atoms with E-state index in [4.69, 9.17) is 23.2 Å². The number of sulfonamides is 1. The van der Waals surface area contributed by atoms with Gasteiger partial charge in [-0.25, -0.2) is 8.42 Å². The maximum Gasteiger partial charge on any atom is 0.264 e. The molecule has 3 rings (SSSR count). The van der Waals surface area contributed by atoms with Gasteiger partial charge in [0.05, 0.1) is 10.6 Å². The summed E-state index contributed by atoms with van der Waals surface area (Å²) >= 11 is 12.2. The molecule has 1 aliphatic heterocycles. The van der Waals surface area contributed by atoms with Gasteiger partial charge >= 0.3 is 0 Å². The normalized spacial score (nSPS) is 17.2. The summed E-state index contributed by atoms with van der Waals surface area (Å²) in [5.74, 6) is 0.166. The van der Waals surface area contributed by atoms with Gasteiger partial charge in [0.15, 0.2) is 0 Å². The summed E-state index contributed by atoms with van der Waals surface area (Å²) < 4.78 is 27.9. The molecule has 0 aliphatic carbocycles. The van der Waals surface area contributed by atoms with E-state index in [1.165, 1.54) is 30.3 Å². The molecule has 0 unspecified atom stereocenters. The van der Waals surface area contributed by atoms with Crippen LogP contribution in [0.2, 0.25) is 10.0 Å². The third-order valence-corrected chi connectivity index (χ3v) is 7.26. The summed E-state index contributed by atoms with van der Waals surface area (Å²) in [6.45, 7) is 4.94. The van der Waals surface area contributed by atoms with Crippen LogP contribution in [0.5, 0.6) is 0 Å². The largest absolute Gasteiger partial charge is 0.341 e. The fourth-order valence-corrected chi connectivity index (χ4v) is 5.39. The number of halogens is 2. The summed E-state index contributed by atoms with van der Waals surface area (Å²) in [5, 5.41) is 0.603. The van der Waals surface area contributed by atoms with Crippen molar-refractivity contribution in [3.8, 4) is 0 Å². The molecule has 0 saturated carbocycles. The van der Waals surface area contributed by atoms with Crippen LogP contribution in [0.4, 0.5) is 5.69 Å². The molecule has 0 N–H and O–H groups in total. The Kier molecular flexibility index (Phi) is 6.76. The van der Waals surface area contributed by atoms with Crippen molar-refractivity contribution in [1.29, 1.82) is 0 Å². The fraction of sp³-hybridized carbons (Fsp3) is 0.381. The molecule has 0 radical (unpaired) electrons. The average molecular weight is 455 g/mol. The highest BCUT2D eigenvalue weighted by Crippen LogP contribution is 2.30. The van der Waals surface area contributed by atoms with Gasteiger partial charge in [0.2, 0.25) is 5.91 Å². The lowest BCUT2D eigenvalue weighted by Crippen LogP contribution is -2.46. The molecule has 2 aromatic carbocycles. The van der Waals surface area contributed by atoms with Crippen LogP contribution in [0, 0.1) is 12.8 Å². The number of likely N-dealkylation sites (tertiary alicyclic amines) is 1. The van der Waals surface area contributed by atoms with Gasteiger partial charge in [-0.3, -0.25) is 9.10 Å². The van der Waals surface area contributed by atoms with Crippen molar-refractivity contribution >= 4 is 44.8 Å². The second kappa shape index (κ2) is 8.94. The summed E-state index contributed by atoms with van der Waals surface area (Å²) in [7, 11) is -3.98. The number of anilines is 1. The first-order chi connectivity index (χ1) is 13.7. The van der Waals surface area contributed by atoms with E-state index in [0.717, 1.165) is 22.7 Å². The highest BCUT2D eigenvalue weighted by Gasteiger charge is 2.30. The quantitative estimate of drug-likeness (QED) is 0.654. The molecule has 0 bridgehead atoms. The minimum Gasteiger partial charge on any atom is -0.341 e. The maximum absolute atomic E-state index is 13.4. The van der Waals surface area contributed by atoms with Gasteiger partial charge in [0.1, 0.15) is 6.54 Å². The molecule has 1 aliphatic rings. The van der Waals surface area contributed by atoms with Gasteiger partial charge in [-0.15, -0.1) is 0 Å². The Hall–Kier alpha value is -1.76. The van der Waals surface area contributed by atoms with Gasteiger partial charge in [-0.2, -0.15) is 0 Å². The van der Waals surface area contributed by atoms with Crippen molar-refractivity contribution < 1.29 is 13.2 Å². The van der Waals surface area contributed by atoms with E-state index in [1.54, 1.807) is 17.0 Å². The number of rotatable bonds is 5. The third kappa shape index (κ3) is 5.24. The Morgan fingerprint density at radius 2 is 1.76 bits per heavy atom. The van der Waals surface area contributed by atoms with E-state index >= 15 is 0 Å². The van der Waals surface area contributed by atoms with Crippen molar-refractivity contribution in [3.05, 3.63) is 58.1 Å². The Balaban J connectivity index is 1.99. The Morgan fingerprint density at radius 1 is 1.14 bits per heavy atom. The van der Waals surface area contributed by atoms with E-state index in [1.807, 2.05) is 6.92 Å². The number of hydrogen-bond acceptors (Lipinski definition) is 3. The summed E-state index contributed by atoms with van der Waals surface area (Å²) in [4.78, 5) is 14.8. The van der Waals surface area contributed by atoms with Crippen molar-refractivity contribution in [2.75, 3.05) is 23.9 Å². The fourth-order valence-electron chi connectivity index (χ4n) is 3.47. The van der Waals surface area contributed by atoms with Crippen LogP contribution in [-0.4, -0.2) is 38.9 Å². The predicted octanol–water partition coefficient (Wildman–Crippen LogP) is 4.76. The molecule has 1 fully saturated rings. The SMILES string of the molecule is Cc1ccc(S(=O)(=O)N(CC(=O)N2CCC[C@H](C)C2)c2cc(Cl)cc(Cl)c2)cc1. The van der Waals surface area contributed by atoms with Crippen molar-refractivity contribution in [3.63, 3.8) is 0 Å². The topological polar surface area (TPSA) is 57.7 Å². The minimum atomic E-state index is -3.98. The molecular formula is C21H24Cl2N2O3S. The van der Waals surface area contributed by atoms with E-state index in [9.17, 15) is 13.2 Å². The highest BCUT2D eigenvalue weighted by molar-refractivity contribution is 7.92. The molecule has 2 aromatic rings. The van der Waals surface area contributed by atoms with Crippen LogP contribution >= 0.6 is 23.2 Å². The van der Waals surface area contributed by atoms with Crippen LogP contribution in [-0.2, 0) is 14.8 Å². The van der Waals surface area contributed by atoms with E-state index in [0.29, 0.717) is 29.1 Å². The van der Waals surface area contributed by atoms with Gasteiger partial charge < -0.3 is 4.90 Å². The third-order valence-electron chi connectivity index (χ3n) is 5.03. The van der Waals surface area contributed by atoms with Gasteiger partial charge in [0.25, 0.3) is 10.0 Å². The predicted molar refractivity (Wildman–Crippen MR) is 117 cm³/mol. The Labute approximate surface area is 182 Å². The second-order valence-corrected chi connectivity index (χ2v) is 10.3. The van der Waals surface area contributed by atoms with Gasteiger partial charge in [-0.1, -0.05) is 47.8 Å². The molecule has 8 heteroatoms. The van der Waals surface area contributed by atoms with Crippen LogP contribution in [0.25, 0.3) is 0 Å². The lowest BCUT2D eigenvalue weighted by atomic mass is 10.0. The molecular weight excluding hydrogens is 431 g/mol. The number of carbonyl (C=O) groups excluding carboxylic acids is 1. The lowest BCUT2D eigenvalue weighted by molar-refractivity contribution is -0.131. The lowest BCUT2D eigenvalue weighted by Gasteiger charge is -2.33. The number of benzene rings is 2. The van der Waals surface area contributed by atoms with Gasteiger partial charge in [-0.05, 0) is 56.0 Å². The zero-order chi connectivity index (χ0) is 21.2. The smallest absolute Gasteiger partial charge is 0.264 e. The Morgan fingerprint density at radius 3 is 2.34 bits per heavy atom. The van der Waals surface area contributed by atoms with E-state index in [2.05, 4.69) is 6.92 Å². The van der Waals surface area contributed by atoms with Crippen molar-refractivity contribution in [1.82, 2.24) is 4.90 Å². The number of hydrogen-bond donors (Lipinski definition) is 0. The first-order valence-corrected chi connectivity index (χ1v) is 11.7. The van der Waals surface area contributed by atoms with E-state index < -0.39 is 10.0 Å². The molecule has 156 valence electrons. The van der Waals surface area contributed by atoms with Crippen LogP contribution in [0.1, 0.15) is 25.3 Å². The first kappa shape index (κ1) is 21.9. The number of carbonyl (C=O) groups is 1. The highest BCUT2D eigenvalue weighted by atomic mass is 35.5. The maximum atomic E-state index is 13.4. The molecule has 1 heterocycles. The standard InChI is InChI=1S/C21H24Cl2N2O3S/c1-15-5-7-20(8-6-15)29(27,28)25(19-11-17(22)10-18(23)12-19)14-21(26)24-9-3-4-16(2)13-24/h5-8,10-12,16H,3-4,9,13-14H2,1-2H3/t16-/m0/s1. The molecule has 1 amide bonds. The van der Waals surface area contributed by atoms with Crippen molar-refractivity contribution in [2.45, 2.75) is 31.6 Å². The number of aryl methyl sites for hydroxylation is 1. The van der Waals surface area contributed by atoms with Crippen LogP contribution in [0.15, 0.2) is 47.4 Å². The summed E-state index contributed by atoms with van der Waals surface area (Å²) in [5.41, 5.74) is 1.21. The van der Waals surface area contributed by atoms with Crippen LogP contribution < -0.4 is 4.31 Å². The summed E-state index contributed by atoms with van der Waals surface area (Å²) in [6.07, 6.45) is 1.99. The number of nitrogens with zero attached hydrogens (tertiary/aromatic N) is 2. The van der Waals surface area contributed by atoms with Crippen LogP contribution in [0.3, 0.4) is 0 Å². The Bertz CT molecular complexity index is 973. The second-order valence-electron chi connectivity index (χ2n) is 7.54. The summed E-state index contributed by atoms with van der Waals surface area (Å²) in [6, 6.07) is 11.1. The van der Waals surface area contributed by atoms with Crippen molar-refractivity contribution in [2.24, 2.45) is 5.92 Å². The molecule has 0 spiro atoms. The molecule has 0 aromatic heterocycles.